The molecule has 110 valence electrons. The molecule has 1 aromatic heterocycles. The number of nitrogens with zero attached hydrogens (tertiary/aromatic N) is 1. The van der Waals surface area contributed by atoms with Crippen LogP contribution in [0.4, 0.5) is 0 Å². The van der Waals surface area contributed by atoms with E-state index in [2.05, 4.69) is 35.4 Å². The van der Waals surface area contributed by atoms with Crippen LogP contribution >= 0.6 is 11.6 Å². The first-order valence-electron chi connectivity index (χ1n) is 7.39. The molecular weight excluding hydrogens is 284 g/mol. The van der Waals surface area contributed by atoms with Crippen LogP contribution < -0.4 is 10.1 Å². The molecule has 1 N–H and O–H groups in total. The zero-order valence-corrected chi connectivity index (χ0v) is 12.9. The van der Waals surface area contributed by atoms with E-state index in [4.69, 9.17) is 16.3 Å². The molecule has 0 saturated carbocycles. The fourth-order valence-corrected chi connectivity index (χ4v) is 3.04. The summed E-state index contributed by atoms with van der Waals surface area (Å²) >= 11 is 6.34. The summed E-state index contributed by atoms with van der Waals surface area (Å²) < 4.78 is 5.93. The van der Waals surface area contributed by atoms with Gasteiger partial charge in [-0.05, 0) is 37.1 Å². The van der Waals surface area contributed by atoms with Crippen molar-refractivity contribution in [1.29, 1.82) is 0 Å². The number of rotatable bonds is 4. The van der Waals surface area contributed by atoms with E-state index < -0.39 is 0 Å². The van der Waals surface area contributed by atoms with Crippen LogP contribution in [0.25, 0.3) is 0 Å². The normalized spacial score (nSPS) is 15.1. The summed E-state index contributed by atoms with van der Waals surface area (Å²) in [6, 6.07) is 10.0. The summed E-state index contributed by atoms with van der Waals surface area (Å²) in [5.41, 5.74) is 3.24. The van der Waals surface area contributed by atoms with Gasteiger partial charge >= 0.3 is 0 Å². The molecule has 3 nitrogen and oxygen atoms in total. The second-order valence-corrected chi connectivity index (χ2v) is 5.56. The van der Waals surface area contributed by atoms with Crippen molar-refractivity contribution in [3.05, 3.63) is 58.4 Å². The van der Waals surface area contributed by atoms with Crippen molar-refractivity contribution in [2.45, 2.75) is 25.8 Å². The van der Waals surface area contributed by atoms with E-state index >= 15 is 0 Å². The van der Waals surface area contributed by atoms with Crippen LogP contribution in [0.3, 0.4) is 0 Å². The van der Waals surface area contributed by atoms with Gasteiger partial charge in [-0.2, -0.15) is 0 Å². The lowest BCUT2D eigenvalue weighted by Crippen LogP contribution is -2.25. The van der Waals surface area contributed by atoms with E-state index in [1.54, 1.807) is 6.20 Å². The van der Waals surface area contributed by atoms with Gasteiger partial charge in [-0.1, -0.05) is 36.7 Å². The fraction of sp³-hybridized carbons (Fsp3) is 0.353. The van der Waals surface area contributed by atoms with Crippen molar-refractivity contribution in [2.24, 2.45) is 0 Å². The second-order valence-electron chi connectivity index (χ2n) is 5.15. The largest absolute Gasteiger partial charge is 0.493 e. The van der Waals surface area contributed by atoms with E-state index in [9.17, 15) is 0 Å². The highest BCUT2D eigenvalue weighted by Crippen LogP contribution is 2.36. The molecule has 0 bridgehead atoms. The number of pyridine rings is 1. The Bertz CT molecular complexity index is 630. The summed E-state index contributed by atoms with van der Waals surface area (Å²) in [6.07, 6.45) is 3.92. The van der Waals surface area contributed by atoms with Gasteiger partial charge in [-0.25, -0.2) is 0 Å². The molecule has 3 rings (SSSR count). The number of hydrogen-bond donors (Lipinski definition) is 1. The van der Waals surface area contributed by atoms with Gasteiger partial charge in [0.15, 0.2) is 0 Å². The van der Waals surface area contributed by atoms with E-state index in [0.717, 1.165) is 43.0 Å². The quantitative estimate of drug-likeness (QED) is 0.934. The lowest BCUT2D eigenvalue weighted by atomic mass is 9.96. The van der Waals surface area contributed by atoms with Gasteiger partial charge in [0.1, 0.15) is 5.75 Å². The molecule has 1 aromatic carbocycles. The molecule has 1 aliphatic heterocycles. The Kier molecular flexibility index (Phi) is 4.42. The number of aryl methyl sites for hydroxylation is 1. The molecule has 1 aliphatic rings. The highest BCUT2D eigenvalue weighted by atomic mass is 35.5. The van der Waals surface area contributed by atoms with Crippen molar-refractivity contribution in [3.63, 3.8) is 0 Å². The number of benzene rings is 1. The van der Waals surface area contributed by atoms with Crippen molar-refractivity contribution >= 4 is 11.6 Å². The van der Waals surface area contributed by atoms with Gasteiger partial charge < -0.3 is 10.1 Å². The molecule has 0 saturated heterocycles. The van der Waals surface area contributed by atoms with Crippen molar-refractivity contribution in [1.82, 2.24) is 10.3 Å². The van der Waals surface area contributed by atoms with Crippen molar-refractivity contribution in [2.75, 3.05) is 13.2 Å². The number of nitrogens with one attached hydrogen (secondary N) is 1. The molecular formula is C17H19ClN2O. The monoisotopic (exact) mass is 302 g/mol. The van der Waals surface area contributed by atoms with Gasteiger partial charge in [0.25, 0.3) is 0 Å². The summed E-state index contributed by atoms with van der Waals surface area (Å²) in [7, 11) is 0. The Balaban J connectivity index is 2.08. The summed E-state index contributed by atoms with van der Waals surface area (Å²) in [5, 5.41) is 4.16. The van der Waals surface area contributed by atoms with Crippen LogP contribution in [0, 0.1) is 0 Å². The maximum Gasteiger partial charge on any atom is 0.127 e. The summed E-state index contributed by atoms with van der Waals surface area (Å²) in [5.74, 6) is 0.997. The van der Waals surface area contributed by atoms with Crippen LogP contribution in [0.5, 0.6) is 5.75 Å². The van der Waals surface area contributed by atoms with Gasteiger partial charge in [0.2, 0.25) is 0 Å². The van der Waals surface area contributed by atoms with Crippen LogP contribution in [0.2, 0.25) is 5.02 Å². The number of aromatic nitrogens is 1. The van der Waals surface area contributed by atoms with Crippen LogP contribution in [0.15, 0.2) is 36.5 Å². The van der Waals surface area contributed by atoms with Crippen molar-refractivity contribution < 1.29 is 4.74 Å². The minimum atomic E-state index is -0.0447. The topological polar surface area (TPSA) is 34.1 Å². The smallest absolute Gasteiger partial charge is 0.127 e. The third kappa shape index (κ3) is 2.89. The molecule has 1 atom stereocenters. The Morgan fingerprint density at radius 3 is 3.05 bits per heavy atom. The van der Waals surface area contributed by atoms with E-state index in [-0.39, 0.29) is 6.04 Å². The van der Waals surface area contributed by atoms with Gasteiger partial charge in [-0.3, -0.25) is 4.98 Å². The fourth-order valence-electron chi connectivity index (χ4n) is 2.81. The molecule has 0 spiro atoms. The Morgan fingerprint density at radius 1 is 1.33 bits per heavy atom. The van der Waals surface area contributed by atoms with Gasteiger partial charge in [0.05, 0.1) is 23.4 Å². The predicted molar refractivity (Wildman–Crippen MR) is 85.0 cm³/mol. The molecule has 2 heterocycles. The Hall–Kier alpha value is -1.58. The first kappa shape index (κ1) is 14.4. The number of fused-ring (bicyclic) bond motifs is 1. The molecule has 21 heavy (non-hydrogen) atoms. The Labute approximate surface area is 130 Å². The first-order valence-corrected chi connectivity index (χ1v) is 7.77. The number of halogens is 1. The molecule has 0 fully saturated rings. The zero-order chi connectivity index (χ0) is 14.7. The maximum atomic E-state index is 6.34. The van der Waals surface area contributed by atoms with E-state index in [1.165, 1.54) is 5.56 Å². The lowest BCUT2D eigenvalue weighted by Gasteiger charge is -2.26. The molecule has 1 unspecified atom stereocenters. The standard InChI is InChI=1S/C17H19ClN2O/c1-2-19-15(16-14(18)9-4-10-20-16)13-8-3-6-12-7-5-11-21-17(12)13/h3-4,6,8-10,15,19H,2,5,7,11H2,1H3. The highest BCUT2D eigenvalue weighted by molar-refractivity contribution is 6.31. The lowest BCUT2D eigenvalue weighted by molar-refractivity contribution is 0.283. The van der Waals surface area contributed by atoms with Crippen molar-refractivity contribution in [3.8, 4) is 5.75 Å². The van der Waals surface area contributed by atoms with Crippen LogP contribution in [-0.2, 0) is 6.42 Å². The second kappa shape index (κ2) is 6.46. The maximum absolute atomic E-state index is 6.34. The van der Waals surface area contributed by atoms with Crippen LogP contribution in [0.1, 0.15) is 36.2 Å². The SMILES string of the molecule is CCNC(c1cccc2c1OCCC2)c1ncccc1Cl. The first-order chi connectivity index (χ1) is 10.3. The highest BCUT2D eigenvalue weighted by Gasteiger charge is 2.24. The average Bonchev–Trinajstić information content (AvgIpc) is 2.53. The minimum absolute atomic E-state index is 0.0447. The van der Waals surface area contributed by atoms with Gasteiger partial charge in [0, 0.05) is 11.8 Å². The summed E-state index contributed by atoms with van der Waals surface area (Å²) in [6.45, 7) is 3.69. The number of para-hydroxylation sites is 1. The Morgan fingerprint density at radius 2 is 2.24 bits per heavy atom. The summed E-state index contributed by atoms with van der Waals surface area (Å²) in [4.78, 5) is 4.47. The molecule has 0 aliphatic carbocycles. The average molecular weight is 303 g/mol. The minimum Gasteiger partial charge on any atom is -0.493 e. The van der Waals surface area contributed by atoms with Crippen LogP contribution in [-0.4, -0.2) is 18.1 Å². The van der Waals surface area contributed by atoms with E-state index in [0.29, 0.717) is 5.02 Å². The molecule has 0 radical (unpaired) electrons. The molecule has 2 aromatic rings. The third-order valence-electron chi connectivity index (χ3n) is 3.74. The predicted octanol–water partition coefficient (Wildman–Crippen LogP) is 3.76. The van der Waals surface area contributed by atoms with Gasteiger partial charge in [-0.15, -0.1) is 0 Å². The third-order valence-corrected chi connectivity index (χ3v) is 4.06. The van der Waals surface area contributed by atoms with E-state index in [1.807, 2.05) is 12.1 Å². The number of hydrogen-bond acceptors (Lipinski definition) is 3. The zero-order valence-electron chi connectivity index (χ0n) is 12.1. The number of ether oxygens (including phenoxy) is 1. The molecule has 0 amide bonds. The molecule has 4 heteroatoms.